The van der Waals surface area contributed by atoms with Crippen molar-refractivity contribution >= 4 is 10.9 Å². The lowest BCUT2D eigenvalue weighted by Crippen LogP contribution is -2.08. The maximum atomic E-state index is 12.0. The maximum absolute atomic E-state index is 12.0. The van der Waals surface area contributed by atoms with E-state index >= 15 is 0 Å². The molecule has 0 bridgehead atoms. The molecule has 1 unspecified atom stereocenters. The second-order valence-electron chi connectivity index (χ2n) is 4.48. The fourth-order valence-electron chi connectivity index (χ4n) is 1.96. The zero-order valence-electron chi connectivity index (χ0n) is 10.2. The molecule has 0 aliphatic heterocycles. The van der Waals surface area contributed by atoms with E-state index in [2.05, 4.69) is 4.98 Å². The summed E-state index contributed by atoms with van der Waals surface area (Å²) in [5.74, 6) is 0. The molecule has 0 fully saturated rings. The molecule has 2 nitrogen and oxygen atoms in total. The minimum atomic E-state index is -4.16. The number of halogens is 3. The quantitative estimate of drug-likeness (QED) is 0.910. The van der Waals surface area contributed by atoms with E-state index in [1.807, 2.05) is 6.07 Å². The van der Waals surface area contributed by atoms with Crippen molar-refractivity contribution in [2.24, 2.45) is 0 Å². The Morgan fingerprint density at radius 2 is 2.00 bits per heavy atom. The van der Waals surface area contributed by atoms with Crippen LogP contribution >= 0.6 is 0 Å². The zero-order valence-corrected chi connectivity index (χ0v) is 10.2. The molecule has 0 aliphatic rings. The SMILES string of the molecule is OC(CCCC(F)(F)F)c1ccc2ncccc2c1. The average Bonchev–Trinajstić information content (AvgIpc) is 2.36. The Labute approximate surface area is 108 Å². The van der Waals surface area contributed by atoms with Crippen molar-refractivity contribution in [1.29, 1.82) is 0 Å². The molecule has 0 aliphatic carbocycles. The molecule has 19 heavy (non-hydrogen) atoms. The van der Waals surface area contributed by atoms with Gasteiger partial charge in [-0.3, -0.25) is 4.98 Å². The molecule has 0 amide bonds. The predicted octanol–water partition coefficient (Wildman–Crippen LogP) is 4.00. The Kier molecular flexibility index (Phi) is 4.04. The predicted molar refractivity (Wildman–Crippen MR) is 66.6 cm³/mol. The highest BCUT2D eigenvalue weighted by molar-refractivity contribution is 5.78. The molecular formula is C14H14F3NO. The molecule has 0 radical (unpaired) electrons. The fourth-order valence-corrected chi connectivity index (χ4v) is 1.96. The molecule has 1 atom stereocenters. The highest BCUT2D eigenvalue weighted by atomic mass is 19.4. The Hall–Kier alpha value is -1.62. The van der Waals surface area contributed by atoms with Crippen LogP contribution in [0.4, 0.5) is 13.2 Å². The summed E-state index contributed by atoms with van der Waals surface area (Å²) in [4.78, 5) is 4.15. The first-order valence-electron chi connectivity index (χ1n) is 6.05. The number of aliphatic hydroxyl groups excluding tert-OH is 1. The van der Waals surface area contributed by atoms with Gasteiger partial charge in [0, 0.05) is 18.0 Å². The van der Waals surface area contributed by atoms with Gasteiger partial charge in [0.2, 0.25) is 0 Å². The summed E-state index contributed by atoms with van der Waals surface area (Å²) in [5.41, 5.74) is 1.43. The van der Waals surface area contributed by atoms with Crippen LogP contribution in [0.5, 0.6) is 0 Å². The van der Waals surface area contributed by atoms with Crippen LogP contribution < -0.4 is 0 Å². The molecule has 0 saturated heterocycles. The number of benzene rings is 1. The van der Waals surface area contributed by atoms with Crippen molar-refractivity contribution in [3.8, 4) is 0 Å². The number of nitrogens with zero attached hydrogens (tertiary/aromatic N) is 1. The van der Waals surface area contributed by atoms with Gasteiger partial charge in [0.05, 0.1) is 11.6 Å². The number of fused-ring (bicyclic) bond motifs is 1. The summed E-state index contributed by atoms with van der Waals surface area (Å²) in [7, 11) is 0. The van der Waals surface area contributed by atoms with Crippen LogP contribution in [0.3, 0.4) is 0 Å². The molecule has 1 aromatic carbocycles. The van der Waals surface area contributed by atoms with Crippen molar-refractivity contribution in [2.75, 3.05) is 0 Å². The minimum Gasteiger partial charge on any atom is -0.388 e. The Morgan fingerprint density at radius 1 is 1.21 bits per heavy atom. The van der Waals surface area contributed by atoms with E-state index in [0.29, 0.717) is 5.56 Å². The lowest BCUT2D eigenvalue weighted by atomic mass is 10.0. The molecule has 1 heterocycles. The Morgan fingerprint density at radius 3 is 2.74 bits per heavy atom. The standard InChI is InChI=1S/C14H14F3NO/c15-14(16,17)7-1-4-13(19)11-5-6-12-10(9-11)3-2-8-18-12/h2-3,5-6,8-9,13,19H,1,4,7H2. The topological polar surface area (TPSA) is 33.1 Å². The molecule has 0 spiro atoms. The average molecular weight is 269 g/mol. The molecule has 2 rings (SSSR count). The zero-order chi connectivity index (χ0) is 13.9. The first kappa shape index (κ1) is 13.8. The van der Waals surface area contributed by atoms with E-state index in [1.165, 1.54) is 0 Å². The second kappa shape index (κ2) is 5.57. The molecule has 1 N–H and O–H groups in total. The van der Waals surface area contributed by atoms with Gasteiger partial charge in [-0.05, 0) is 36.6 Å². The van der Waals surface area contributed by atoms with Gasteiger partial charge in [0.1, 0.15) is 0 Å². The van der Waals surface area contributed by atoms with Crippen LogP contribution in [0.15, 0.2) is 36.5 Å². The summed E-state index contributed by atoms with van der Waals surface area (Å²) < 4.78 is 36.1. The van der Waals surface area contributed by atoms with Crippen LogP contribution in [-0.4, -0.2) is 16.3 Å². The van der Waals surface area contributed by atoms with E-state index in [-0.39, 0.29) is 12.8 Å². The highest BCUT2D eigenvalue weighted by Crippen LogP contribution is 2.27. The van der Waals surface area contributed by atoms with Gasteiger partial charge in [0.25, 0.3) is 0 Å². The second-order valence-corrected chi connectivity index (χ2v) is 4.48. The number of hydrogen-bond acceptors (Lipinski definition) is 2. The van der Waals surface area contributed by atoms with E-state index in [0.717, 1.165) is 10.9 Å². The van der Waals surface area contributed by atoms with Crippen LogP contribution in [-0.2, 0) is 0 Å². The van der Waals surface area contributed by atoms with E-state index in [9.17, 15) is 18.3 Å². The number of hydrogen-bond donors (Lipinski definition) is 1. The lowest BCUT2D eigenvalue weighted by molar-refractivity contribution is -0.136. The fraction of sp³-hybridized carbons (Fsp3) is 0.357. The number of aliphatic hydroxyl groups is 1. The van der Waals surface area contributed by atoms with Crippen molar-refractivity contribution in [1.82, 2.24) is 4.98 Å². The summed E-state index contributed by atoms with van der Waals surface area (Å²) >= 11 is 0. The summed E-state index contributed by atoms with van der Waals surface area (Å²) in [6.07, 6.45) is -4.19. The smallest absolute Gasteiger partial charge is 0.388 e. The molecular weight excluding hydrogens is 255 g/mol. The summed E-state index contributed by atoms with van der Waals surface area (Å²) in [6, 6.07) is 8.86. The number of pyridine rings is 1. The molecule has 102 valence electrons. The Bertz CT molecular complexity index is 554. The van der Waals surface area contributed by atoms with Crippen molar-refractivity contribution in [2.45, 2.75) is 31.5 Å². The van der Waals surface area contributed by atoms with Gasteiger partial charge in [0.15, 0.2) is 0 Å². The van der Waals surface area contributed by atoms with Crippen molar-refractivity contribution in [3.63, 3.8) is 0 Å². The van der Waals surface area contributed by atoms with Gasteiger partial charge in [-0.15, -0.1) is 0 Å². The van der Waals surface area contributed by atoms with Crippen LogP contribution in [0.1, 0.15) is 30.9 Å². The number of rotatable bonds is 4. The number of aromatic nitrogens is 1. The number of alkyl halides is 3. The van der Waals surface area contributed by atoms with Gasteiger partial charge in [-0.1, -0.05) is 12.1 Å². The van der Waals surface area contributed by atoms with Gasteiger partial charge in [-0.25, -0.2) is 0 Å². The lowest BCUT2D eigenvalue weighted by Gasteiger charge is -2.12. The third-order valence-electron chi connectivity index (χ3n) is 2.95. The van der Waals surface area contributed by atoms with Gasteiger partial charge < -0.3 is 5.11 Å². The van der Waals surface area contributed by atoms with Crippen LogP contribution in [0.25, 0.3) is 10.9 Å². The largest absolute Gasteiger partial charge is 0.389 e. The maximum Gasteiger partial charge on any atom is 0.389 e. The molecule has 5 heteroatoms. The first-order chi connectivity index (χ1) is 8.96. The normalized spacial score (nSPS) is 13.7. The van der Waals surface area contributed by atoms with Crippen LogP contribution in [0.2, 0.25) is 0 Å². The molecule has 1 aromatic heterocycles. The summed E-state index contributed by atoms with van der Waals surface area (Å²) in [6.45, 7) is 0. The third kappa shape index (κ3) is 3.92. The monoisotopic (exact) mass is 269 g/mol. The van der Waals surface area contributed by atoms with Crippen LogP contribution in [0, 0.1) is 0 Å². The summed E-state index contributed by atoms with van der Waals surface area (Å²) in [5, 5.41) is 10.8. The molecule has 2 aromatic rings. The van der Waals surface area contributed by atoms with Gasteiger partial charge >= 0.3 is 6.18 Å². The van der Waals surface area contributed by atoms with Crippen molar-refractivity contribution in [3.05, 3.63) is 42.1 Å². The third-order valence-corrected chi connectivity index (χ3v) is 2.95. The van der Waals surface area contributed by atoms with Crippen molar-refractivity contribution < 1.29 is 18.3 Å². The van der Waals surface area contributed by atoms with E-state index < -0.39 is 18.7 Å². The van der Waals surface area contributed by atoms with E-state index in [4.69, 9.17) is 0 Å². The minimum absolute atomic E-state index is 0.0737. The van der Waals surface area contributed by atoms with Gasteiger partial charge in [-0.2, -0.15) is 13.2 Å². The highest BCUT2D eigenvalue weighted by Gasteiger charge is 2.26. The Balaban J connectivity index is 2.03. The first-order valence-corrected chi connectivity index (χ1v) is 6.05. The molecule has 0 saturated carbocycles. The van der Waals surface area contributed by atoms with E-state index in [1.54, 1.807) is 30.5 Å².